The van der Waals surface area contributed by atoms with Gasteiger partial charge in [0.2, 0.25) is 0 Å². The lowest BCUT2D eigenvalue weighted by Gasteiger charge is -2.10. The Hall–Kier alpha value is -2.34. The van der Waals surface area contributed by atoms with Gasteiger partial charge in [-0.25, -0.2) is 13.6 Å². The number of carbonyl (C=O) groups is 1. The molecular weight excluding hydrogens is 260 g/mol. The van der Waals surface area contributed by atoms with Gasteiger partial charge in [-0.15, -0.1) is 0 Å². The second-order valence-electron chi connectivity index (χ2n) is 3.87. The van der Waals surface area contributed by atoms with Gasteiger partial charge in [-0.1, -0.05) is 5.11 Å². The number of hydrogen-bond donors (Lipinski definition) is 0. The SMILES string of the molecule is COC(=O)c1c(F)cc(F)c2c1OC(CN=[N+]=[N-])C2. The molecule has 8 heteroatoms. The molecule has 2 rings (SSSR count). The fourth-order valence-corrected chi connectivity index (χ4v) is 1.92. The largest absolute Gasteiger partial charge is 0.489 e. The molecule has 0 amide bonds. The van der Waals surface area contributed by atoms with Crippen LogP contribution in [0.25, 0.3) is 10.4 Å². The van der Waals surface area contributed by atoms with E-state index >= 15 is 0 Å². The number of benzene rings is 1. The molecule has 6 nitrogen and oxygen atoms in total. The Morgan fingerprint density at radius 1 is 1.63 bits per heavy atom. The van der Waals surface area contributed by atoms with Crippen molar-refractivity contribution in [1.82, 2.24) is 0 Å². The highest BCUT2D eigenvalue weighted by Crippen LogP contribution is 2.36. The van der Waals surface area contributed by atoms with E-state index in [0.717, 1.165) is 7.11 Å². The Balaban J connectivity index is 2.44. The van der Waals surface area contributed by atoms with Gasteiger partial charge >= 0.3 is 5.97 Å². The molecule has 0 N–H and O–H groups in total. The molecule has 1 heterocycles. The Bertz CT molecular complexity index is 585. The lowest BCUT2D eigenvalue weighted by molar-refractivity contribution is 0.0589. The number of ether oxygens (including phenoxy) is 2. The van der Waals surface area contributed by atoms with Crippen molar-refractivity contribution in [3.05, 3.63) is 39.3 Å². The van der Waals surface area contributed by atoms with Crippen LogP contribution in [0.15, 0.2) is 11.2 Å². The van der Waals surface area contributed by atoms with Crippen LogP contribution >= 0.6 is 0 Å². The summed E-state index contributed by atoms with van der Waals surface area (Å²) in [5.74, 6) is -2.98. The van der Waals surface area contributed by atoms with Crippen LogP contribution in [0.5, 0.6) is 5.75 Å². The van der Waals surface area contributed by atoms with Gasteiger partial charge in [-0.3, -0.25) is 0 Å². The van der Waals surface area contributed by atoms with Crippen molar-refractivity contribution in [3.63, 3.8) is 0 Å². The molecule has 1 aliphatic heterocycles. The van der Waals surface area contributed by atoms with Crippen LogP contribution in [0.4, 0.5) is 8.78 Å². The van der Waals surface area contributed by atoms with Crippen molar-refractivity contribution < 1.29 is 23.0 Å². The van der Waals surface area contributed by atoms with Crippen LogP contribution in [0.3, 0.4) is 0 Å². The maximum absolute atomic E-state index is 13.6. The second-order valence-corrected chi connectivity index (χ2v) is 3.87. The number of fused-ring (bicyclic) bond motifs is 1. The van der Waals surface area contributed by atoms with E-state index in [2.05, 4.69) is 14.8 Å². The number of azide groups is 1. The van der Waals surface area contributed by atoms with Crippen LogP contribution in [-0.2, 0) is 11.2 Å². The third-order valence-corrected chi connectivity index (χ3v) is 2.74. The van der Waals surface area contributed by atoms with Gasteiger partial charge < -0.3 is 9.47 Å². The molecule has 1 aromatic carbocycles. The normalized spacial score (nSPS) is 16.3. The van der Waals surface area contributed by atoms with Crippen LogP contribution in [-0.4, -0.2) is 25.7 Å². The van der Waals surface area contributed by atoms with Crippen molar-refractivity contribution in [2.45, 2.75) is 12.5 Å². The number of carbonyl (C=O) groups excluding carboxylic acids is 1. The van der Waals surface area contributed by atoms with Gasteiger partial charge in [0.05, 0.1) is 13.7 Å². The lowest BCUT2D eigenvalue weighted by atomic mass is 10.0. The maximum Gasteiger partial charge on any atom is 0.344 e. The molecule has 0 saturated heterocycles. The number of esters is 1. The number of methoxy groups -OCH3 is 1. The molecule has 0 aliphatic carbocycles. The molecule has 0 fully saturated rings. The summed E-state index contributed by atoms with van der Waals surface area (Å²) in [6.45, 7) is -0.0349. The average Bonchev–Trinajstić information content (AvgIpc) is 2.80. The fraction of sp³-hybridized carbons (Fsp3) is 0.364. The zero-order chi connectivity index (χ0) is 14.0. The first kappa shape index (κ1) is 13.1. The predicted molar refractivity (Wildman–Crippen MR) is 59.8 cm³/mol. The van der Waals surface area contributed by atoms with E-state index in [1.807, 2.05) is 0 Å². The van der Waals surface area contributed by atoms with Gasteiger partial charge in [-0.05, 0) is 5.53 Å². The second kappa shape index (κ2) is 5.11. The van der Waals surface area contributed by atoms with Gasteiger partial charge in [0, 0.05) is 23.0 Å². The van der Waals surface area contributed by atoms with E-state index in [1.165, 1.54) is 0 Å². The van der Waals surface area contributed by atoms with E-state index in [1.54, 1.807) is 0 Å². The number of halogens is 2. The maximum atomic E-state index is 13.6. The molecular formula is C11H9F2N3O3. The van der Waals surface area contributed by atoms with Crippen molar-refractivity contribution in [2.75, 3.05) is 13.7 Å². The zero-order valence-electron chi connectivity index (χ0n) is 9.89. The number of rotatable bonds is 3. The fourth-order valence-electron chi connectivity index (χ4n) is 1.92. The number of hydrogen-bond acceptors (Lipinski definition) is 4. The van der Waals surface area contributed by atoms with Crippen LogP contribution in [0, 0.1) is 11.6 Å². The minimum absolute atomic E-state index is 0.0349. The standard InChI is InChI=1S/C11H9F2N3O3/c1-18-11(17)9-8(13)3-7(12)6-2-5(4-15-16-14)19-10(6)9/h3,5H,2,4H2,1H3. The van der Waals surface area contributed by atoms with Gasteiger partial charge in [0.15, 0.2) is 0 Å². The lowest BCUT2D eigenvalue weighted by Crippen LogP contribution is -2.17. The summed E-state index contributed by atoms with van der Waals surface area (Å²) >= 11 is 0. The Morgan fingerprint density at radius 3 is 3.00 bits per heavy atom. The average molecular weight is 269 g/mol. The molecule has 0 saturated carbocycles. The van der Waals surface area contributed by atoms with Crippen molar-refractivity contribution >= 4 is 5.97 Å². The summed E-state index contributed by atoms with van der Waals surface area (Å²) < 4.78 is 37.0. The molecule has 0 spiro atoms. The van der Waals surface area contributed by atoms with E-state index in [9.17, 15) is 13.6 Å². The highest BCUT2D eigenvalue weighted by molar-refractivity contribution is 5.93. The van der Waals surface area contributed by atoms with E-state index in [0.29, 0.717) is 6.07 Å². The third-order valence-electron chi connectivity index (χ3n) is 2.74. The van der Waals surface area contributed by atoms with Crippen LogP contribution in [0.1, 0.15) is 15.9 Å². The summed E-state index contributed by atoms with van der Waals surface area (Å²) in [6.07, 6.45) is -0.518. The molecule has 0 aromatic heterocycles. The Morgan fingerprint density at radius 2 is 2.37 bits per heavy atom. The van der Waals surface area contributed by atoms with Gasteiger partial charge in [0.25, 0.3) is 0 Å². The third kappa shape index (κ3) is 2.30. The smallest absolute Gasteiger partial charge is 0.344 e. The van der Waals surface area contributed by atoms with Crippen molar-refractivity contribution in [3.8, 4) is 5.75 Å². The van der Waals surface area contributed by atoms with Crippen LogP contribution in [0.2, 0.25) is 0 Å². The van der Waals surface area contributed by atoms with E-state index < -0.39 is 29.3 Å². The van der Waals surface area contributed by atoms with E-state index in [4.69, 9.17) is 10.3 Å². The molecule has 0 radical (unpaired) electrons. The molecule has 1 unspecified atom stereocenters. The summed E-state index contributed by atoms with van der Waals surface area (Å²) in [5, 5.41) is 3.31. The molecule has 100 valence electrons. The quantitative estimate of drug-likeness (QED) is 0.365. The van der Waals surface area contributed by atoms with Crippen LogP contribution < -0.4 is 4.74 Å². The number of nitrogens with zero attached hydrogens (tertiary/aromatic N) is 3. The summed E-state index contributed by atoms with van der Waals surface area (Å²) in [6, 6.07) is 0.615. The van der Waals surface area contributed by atoms with Gasteiger partial charge in [-0.2, -0.15) is 0 Å². The molecule has 1 aromatic rings. The molecule has 0 bridgehead atoms. The Kier molecular flexibility index (Phi) is 3.52. The highest BCUT2D eigenvalue weighted by atomic mass is 19.1. The summed E-state index contributed by atoms with van der Waals surface area (Å²) in [7, 11) is 1.09. The first-order chi connectivity index (χ1) is 9.08. The molecule has 1 aliphatic rings. The van der Waals surface area contributed by atoms with Gasteiger partial charge in [0.1, 0.15) is 29.1 Å². The van der Waals surface area contributed by atoms with Crippen molar-refractivity contribution in [1.29, 1.82) is 0 Å². The highest BCUT2D eigenvalue weighted by Gasteiger charge is 2.33. The first-order valence-electron chi connectivity index (χ1n) is 5.35. The van der Waals surface area contributed by atoms with Crippen molar-refractivity contribution in [2.24, 2.45) is 5.11 Å². The minimum atomic E-state index is -1.05. The Labute approximate surface area is 106 Å². The monoisotopic (exact) mass is 269 g/mol. The predicted octanol–water partition coefficient (Wildman–Crippen LogP) is 2.37. The summed E-state index contributed by atoms with van der Waals surface area (Å²) in [4.78, 5) is 14.0. The van der Waals surface area contributed by atoms with E-state index in [-0.39, 0.29) is 24.3 Å². The first-order valence-corrected chi connectivity index (χ1v) is 5.35. The summed E-state index contributed by atoms with van der Waals surface area (Å²) in [5.41, 5.74) is 7.86. The minimum Gasteiger partial charge on any atom is -0.489 e. The molecule has 19 heavy (non-hydrogen) atoms. The molecule has 1 atom stereocenters. The topological polar surface area (TPSA) is 84.3 Å². The zero-order valence-corrected chi connectivity index (χ0v) is 9.89.